The van der Waals surface area contributed by atoms with Crippen molar-refractivity contribution in [2.75, 3.05) is 17.2 Å². The molecule has 2 aromatic rings. The quantitative estimate of drug-likeness (QED) is 0.613. The van der Waals surface area contributed by atoms with E-state index in [9.17, 15) is 9.59 Å². The molecule has 2 rings (SSSR count). The lowest BCUT2D eigenvalue weighted by Gasteiger charge is -2.11. The Balaban J connectivity index is 1.97. The van der Waals surface area contributed by atoms with E-state index >= 15 is 0 Å². The average molecular weight is 363 g/mol. The van der Waals surface area contributed by atoms with Gasteiger partial charge in [0.25, 0.3) is 0 Å². The highest BCUT2D eigenvalue weighted by Gasteiger charge is 2.13. The maximum Gasteiger partial charge on any atom is 0.337 e. The first-order valence-electron chi connectivity index (χ1n) is 7.83. The monoisotopic (exact) mass is 362 g/mol. The van der Waals surface area contributed by atoms with Gasteiger partial charge in [0, 0.05) is 10.7 Å². The summed E-state index contributed by atoms with van der Waals surface area (Å²) in [4.78, 5) is 23.3. The number of carboxylic acid groups (broad SMARTS) is 1. The molecule has 0 unspecified atom stereocenters. The zero-order valence-electron chi connectivity index (χ0n) is 13.7. The van der Waals surface area contributed by atoms with Crippen molar-refractivity contribution in [3.05, 3.63) is 53.1 Å². The lowest BCUT2D eigenvalue weighted by atomic mass is 10.2. The molecular weight excluding hydrogens is 344 g/mol. The molecular formula is C18H19ClN2O4. The van der Waals surface area contributed by atoms with Gasteiger partial charge in [-0.15, -0.1) is 0 Å². The van der Waals surface area contributed by atoms with Crippen molar-refractivity contribution in [2.24, 2.45) is 0 Å². The van der Waals surface area contributed by atoms with Gasteiger partial charge < -0.3 is 20.5 Å². The molecule has 0 bridgehead atoms. The second kappa shape index (κ2) is 8.94. The number of anilines is 2. The minimum Gasteiger partial charge on any atom is -0.494 e. The van der Waals surface area contributed by atoms with Crippen LogP contribution in [0.3, 0.4) is 0 Å². The van der Waals surface area contributed by atoms with Crippen LogP contribution in [-0.4, -0.2) is 23.7 Å². The first-order valence-corrected chi connectivity index (χ1v) is 8.21. The van der Waals surface area contributed by atoms with E-state index in [2.05, 4.69) is 17.6 Å². The molecule has 0 saturated carbocycles. The number of amides is 2. The predicted octanol–water partition coefficient (Wildman–Crippen LogP) is 4.86. The number of aromatic carboxylic acids is 1. The van der Waals surface area contributed by atoms with Gasteiger partial charge in [-0.1, -0.05) is 24.9 Å². The molecule has 2 aromatic carbocycles. The van der Waals surface area contributed by atoms with Crippen LogP contribution in [0.5, 0.6) is 5.75 Å². The fraction of sp³-hybridized carbons (Fsp3) is 0.222. The highest BCUT2D eigenvalue weighted by Crippen LogP contribution is 2.21. The van der Waals surface area contributed by atoms with E-state index in [-0.39, 0.29) is 16.3 Å². The van der Waals surface area contributed by atoms with Crippen LogP contribution in [-0.2, 0) is 0 Å². The number of carbonyl (C=O) groups is 2. The molecule has 0 atom stereocenters. The number of ether oxygens (including phenoxy) is 1. The van der Waals surface area contributed by atoms with Crippen molar-refractivity contribution in [1.29, 1.82) is 0 Å². The van der Waals surface area contributed by atoms with E-state index < -0.39 is 12.0 Å². The van der Waals surface area contributed by atoms with Crippen LogP contribution in [0, 0.1) is 0 Å². The van der Waals surface area contributed by atoms with Crippen LogP contribution in [0.1, 0.15) is 30.1 Å². The van der Waals surface area contributed by atoms with E-state index in [0.29, 0.717) is 12.3 Å². The Morgan fingerprint density at radius 1 is 1.12 bits per heavy atom. The van der Waals surface area contributed by atoms with Crippen LogP contribution >= 0.6 is 11.6 Å². The molecule has 2 amide bonds. The van der Waals surface area contributed by atoms with Gasteiger partial charge in [-0.25, -0.2) is 9.59 Å². The van der Waals surface area contributed by atoms with E-state index in [0.717, 1.165) is 18.6 Å². The molecule has 6 nitrogen and oxygen atoms in total. The van der Waals surface area contributed by atoms with Crippen LogP contribution in [0.2, 0.25) is 5.02 Å². The normalized spacial score (nSPS) is 10.2. The van der Waals surface area contributed by atoms with Crippen LogP contribution in [0.4, 0.5) is 16.2 Å². The molecule has 0 fully saturated rings. The van der Waals surface area contributed by atoms with Crippen molar-refractivity contribution < 1.29 is 19.4 Å². The van der Waals surface area contributed by atoms with Crippen molar-refractivity contribution in [3.8, 4) is 5.75 Å². The summed E-state index contributed by atoms with van der Waals surface area (Å²) in [5, 5.41) is 14.6. The number of hydrogen-bond acceptors (Lipinski definition) is 3. The first-order chi connectivity index (χ1) is 12.0. The van der Waals surface area contributed by atoms with E-state index in [4.69, 9.17) is 21.4 Å². The van der Waals surface area contributed by atoms with E-state index in [1.165, 1.54) is 18.2 Å². The molecule has 25 heavy (non-hydrogen) atoms. The highest BCUT2D eigenvalue weighted by molar-refractivity contribution is 6.31. The zero-order valence-corrected chi connectivity index (χ0v) is 14.5. The molecule has 0 heterocycles. The summed E-state index contributed by atoms with van der Waals surface area (Å²) < 4.78 is 5.55. The Morgan fingerprint density at radius 2 is 1.84 bits per heavy atom. The van der Waals surface area contributed by atoms with Gasteiger partial charge in [-0.3, -0.25) is 0 Å². The summed E-state index contributed by atoms with van der Waals surface area (Å²) in [5.41, 5.74) is 0.641. The third kappa shape index (κ3) is 5.69. The van der Waals surface area contributed by atoms with Gasteiger partial charge in [0.2, 0.25) is 0 Å². The summed E-state index contributed by atoms with van der Waals surface area (Å²) in [5.74, 6) is -0.448. The number of urea groups is 1. The van der Waals surface area contributed by atoms with Gasteiger partial charge in [0.05, 0.1) is 17.9 Å². The van der Waals surface area contributed by atoms with Gasteiger partial charge in [0.1, 0.15) is 5.75 Å². The van der Waals surface area contributed by atoms with Gasteiger partial charge in [-0.05, 0) is 48.9 Å². The van der Waals surface area contributed by atoms with Crippen molar-refractivity contribution >= 4 is 35.0 Å². The molecule has 7 heteroatoms. The summed E-state index contributed by atoms with van der Waals surface area (Å²) in [7, 11) is 0. The lowest BCUT2D eigenvalue weighted by molar-refractivity contribution is 0.0698. The molecule has 0 radical (unpaired) electrons. The fourth-order valence-corrected chi connectivity index (χ4v) is 2.23. The molecule has 0 saturated heterocycles. The Labute approximate surface area is 150 Å². The summed E-state index contributed by atoms with van der Waals surface area (Å²) >= 11 is 5.78. The minimum atomic E-state index is -1.17. The van der Waals surface area contributed by atoms with Gasteiger partial charge in [-0.2, -0.15) is 0 Å². The Bertz CT molecular complexity index is 747. The lowest BCUT2D eigenvalue weighted by Crippen LogP contribution is -2.21. The predicted molar refractivity (Wildman–Crippen MR) is 97.9 cm³/mol. The van der Waals surface area contributed by atoms with E-state index in [1.54, 1.807) is 24.3 Å². The molecule has 0 aromatic heterocycles. The number of rotatable bonds is 7. The van der Waals surface area contributed by atoms with Gasteiger partial charge in [0.15, 0.2) is 0 Å². The summed E-state index contributed by atoms with van der Waals surface area (Å²) in [6, 6.07) is 10.6. The van der Waals surface area contributed by atoms with Crippen molar-refractivity contribution in [1.82, 2.24) is 0 Å². The summed E-state index contributed by atoms with van der Waals surface area (Å²) in [6.07, 6.45) is 2.04. The molecule has 3 N–H and O–H groups in total. The Morgan fingerprint density at radius 3 is 2.48 bits per heavy atom. The van der Waals surface area contributed by atoms with Crippen LogP contribution < -0.4 is 15.4 Å². The summed E-state index contributed by atoms with van der Waals surface area (Å²) in [6.45, 7) is 2.74. The topological polar surface area (TPSA) is 87.7 Å². The van der Waals surface area contributed by atoms with Crippen molar-refractivity contribution in [2.45, 2.75) is 19.8 Å². The zero-order chi connectivity index (χ0) is 18.2. The third-order valence-corrected chi connectivity index (χ3v) is 3.57. The molecule has 132 valence electrons. The smallest absolute Gasteiger partial charge is 0.337 e. The standard InChI is InChI=1S/C18H19ClN2O4/c1-2-3-10-25-14-7-5-13(6-8-14)20-18(24)21-16-9-4-12(19)11-15(16)17(22)23/h4-9,11H,2-3,10H2,1H3,(H,22,23)(H2,20,21,24). The second-order valence-corrected chi connectivity index (χ2v) is 5.74. The average Bonchev–Trinajstić information content (AvgIpc) is 2.58. The Hall–Kier alpha value is -2.73. The SMILES string of the molecule is CCCCOc1ccc(NC(=O)Nc2ccc(Cl)cc2C(=O)O)cc1. The van der Waals surface area contributed by atoms with E-state index in [1.807, 2.05) is 0 Å². The molecule has 0 aliphatic rings. The maximum atomic E-state index is 12.1. The number of unbranched alkanes of at least 4 members (excludes halogenated alkanes) is 1. The molecule has 0 aliphatic carbocycles. The van der Waals surface area contributed by atoms with Crippen LogP contribution in [0.25, 0.3) is 0 Å². The maximum absolute atomic E-state index is 12.1. The number of carbonyl (C=O) groups excluding carboxylic acids is 1. The number of carboxylic acids is 1. The molecule has 0 spiro atoms. The van der Waals surface area contributed by atoms with Crippen molar-refractivity contribution in [3.63, 3.8) is 0 Å². The number of hydrogen-bond donors (Lipinski definition) is 3. The Kier molecular flexibility index (Phi) is 6.65. The van der Waals surface area contributed by atoms with Crippen LogP contribution in [0.15, 0.2) is 42.5 Å². The largest absolute Gasteiger partial charge is 0.494 e. The fourth-order valence-electron chi connectivity index (χ4n) is 2.06. The third-order valence-electron chi connectivity index (χ3n) is 3.34. The first kappa shape index (κ1) is 18.6. The van der Waals surface area contributed by atoms with Gasteiger partial charge >= 0.3 is 12.0 Å². The molecule has 0 aliphatic heterocycles. The minimum absolute atomic E-state index is 0.0812. The second-order valence-electron chi connectivity index (χ2n) is 5.30. The number of nitrogens with one attached hydrogen (secondary N) is 2. The highest BCUT2D eigenvalue weighted by atomic mass is 35.5. The number of benzene rings is 2. The number of halogens is 1.